The van der Waals surface area contributed by atoms with E-state index in [0.717, 1.165) is 6.07 Å². The van der Waals surface area contributed by atoms with E-state index >= 15 is 0 Å². The van der Waals surface area contributed by atoms with Crippen molar-refractivity contribution in [2.45, 2.75) is 65.3 Å². The van der Waals surface area contributed by atoms with Crippen LogP contribution in [0, 0.1) is 6.85 Å². The van der Waals surface area contributed by atoms with Crippen LogP contribution in [0.2, 0.25) is 0 Å². The summed E-state index contributed by atoms with van der Waals surface area (Å²) in [6, 6.07) is 1.15. The lowest BCUT2D eigenvalue weighted by atomic mass is 9.79. The van der Waals surface area contributed by atoms with Gasteiger partial charge in [0.25, 0.3) is 0 Å². The van der Waals surface area contributed by atoms with Crippen molar-refractivity contribution in [1.82, 2.24) is 0 Å². The van der Waals surface area contributed by atoms with Gasteiger partial charge in [0, 0.05) is 23.5 Å². The van der Waals surface area contributed by atoms with Crippen LogP contribution < -0.4 is 5.46 Å². The summed E-state index contributed by atoms with van der Waals surface area (Å²) in [5.74, 6) is 0. The molecule has 18 heavy (non-hydrogen) atoms. The molecule has 1 aromatic rings. The minimum atomic E-state index is -3.24. The molecule has 0 atom stereocenters. The van der Waals surface area contributed by atoms with Crippen molar-refractivity contribution in [3.63, 3.8) is 0 Å². The zero-order chi connectivity index (χ0) is 22.1. The van der Waals surface area contributed by atoms with E-state index in [0.29, 0.717) is 11.3 Å². The molecule has 0 radical (unpaired) electrons. The molecule has 1 aliphatic rings. The highest BCUT2D eigenvalue weighted by atomic mass is 32.1. The van der Waals surface area contributed by atoms with Crippen LogP contribution in [0.3, 0.4) is 0 Å². The van der Waals surface area contributed by atoms with Gasteiger partial charge in [0.05, 0.1) is 11.2 Å². The molecule has 0 N–H and O–H groups in total. The molecule has 4 heteroatoms. The molecule has 0 spiro atoms. The highest BCUT2D eigenvalue weighted by molar-refractivity contribution is 7.13. The molecule has 0 aliphatic carbocycles. The Morgan fingerprint density at radius 3 is 2.56 bits per heavy atom. The van der Waals surface area contributed by atoms with Gasteiger partial charge in [-0.3, -0.25) is 0 Å². The quantitative estimate of drug-likeness (QED) is 0.789. The largest absolute Gasteiger partial charge is 0.495 e. The monoisotopic (exact) mass is 276 g/mol. The zero-order valence-corrected chi connectivity index (χ0v) is 11.7. The number of rotatable bonds is 3. The third-order valence-corrected chi connectivity index (χ3v) is 4.33. The van der Waals surface area contributed by atoms with Gasteiger partial charge in [0.2, 0.25) is 0 Å². The van der Waals surface area contributed by atoms with Crippen molar-refractivity contribution < 1.29 is 23.0 Å². The summed E-state index contributed by atoms with van der Waals surface area (Å²) in [7, 11) is -1.10. The molecule has 0 bridgehead atoms. The summed E-state index contributed by atoms with van der Waals surface area (Å²) in [5, 5.41) is 0. The summed E-state index contributed by atoms with van der Waals surface area (Å²) < 4.78 is 89.1. The summed E-state index contributed by atoms with van der Waals surface area (Å²) in [4.78, 5) is -0.560. The van der Waals surface area contributed by atoms with Gasteiger partial charge < -0.3 is 9.31 Å². The average Bonchev–Trinajstić information content (AvgIpc) is 2.97. The molecule has 1 aliphatic heterocycles. The molecular weight excluding hydrogens is 243 g/mol. The summed E-state index contributed by atoms with van der Waals surface area (Å²) in [6.07, 6.45) is -6.19. The average molecular weight is 276 g/mol. The molecule has 2 heterocycles. The maximum absolute atomic E-state index is 8.14. The second-order valence-corrected chi connectivity index (χ2v) is 6.29. The van der Waals surface area contributed by atoms with Crippen LogP contribution in [-0.2, 0) is 15.7 Å². The van der Waals surface area contributed by atoms with Gasteiger partial charge in [-0.15, -0.1) is 11.3 Å². The maximum atomic E-state index is 8.14. The van der Waals surface area contributed by atoms with E-state index in [1.807, 2.05) is 0 Å². The van der Waals surface area contributed by atoms with Crippen molar-refractivity contribution >= 4 is 23.9 Å². The van der Waals surface area contributed by atoms with Crippen LogP contribution in [0.15, 0.2) is 6.07 Å². The molecule has 1 aromatic heterocycles. The third-order valence-electron chi connectivity index (χ3n) is 3.45. The highest BCUT2D eigenvalue weighted by Gasteiger charge is 2.52. The maximum Gasteiger partial charge on any atom is 0.495 e. The van der Waals surface area contributed by atoms with Crippen LogP contribution in [0.4, 0.5) is 0 Å². The van der Waals surface area contributed by atoms with Crippen LogP contribution in [0.25, 0.3) is 0 Å². The fourth-order valence-electron chi connectivity index (χ4n) is 1.67. The third kappa shape index (κ3) is 2.38. The smallest absolute Gasteiger partial charge is 0.399 e. The second kappa shape index (κ2) is 4.66. The van der Waals surface area contributed by atoms with Crippen molar-refractivity contribution in [3.8, 4) is 0 Å². The number of hydrogen-bond acceptors (Lipinski definition) is 3. The number of aryl methyl sites for hydroxylation is 2. The molecule has 2 nitrogen and oxygen atoms in total. The van der Waals surface area contributed by atoms with E-state index in [1.165, 1.54) is 0 Å². The van der Waals surface area contributed by atoms with Crippen molar-refractivity contribution in [1.29, 1.82) is 0 Å². The normalized spacial score (nSPS) is 32.8. The van der Waals surface area contributed by atoms with Gasteiger partial charge in [-0.05, 0) is 52.4 Å². The van der Waals surface area contributed by atoms with E-state index in [9.17, 15) is 0 Å². The molecule has 0 saturated carbocycles. The fraction of sp³-hybridized carbons (Fsp3) is 0.714. The summed E-state index contributed by atoms with van der Waals surface area (Å²) >= 11 is 0.516. The molecule has 0 aromatic carbocycles. The SMILES string of the molecule is [2H]C([2H])([2H])c1sc(C([2H])([2H])C([2H])([2H])C([2H])([2H])[2H])cc1B1OC(C)(C)C(C)(C)O1. The molecule has 100 valence electrons. The Labute approximate surface area is 129 Å². The first-order chi connectivity index (χ1) is 12.2. The predicted molar refractivity (Wildman–Crippen MR) is 78.8 cm³/mol. The Balaban J connectivity index is 2.61. The molecule has 0 amide bonds. The van der Waals surface area contributed by atoms with Gasteiger partial charge in [0.1, 0.15) is 0 Å². The lowest BCUT2D eigenvalue weighted by Crippen LogP contribution is -2.41. The first kappa shape index (κ1) is 5.98. The fourth-order valence-corrected chi connectivity index (χ4v) is 2.45. The van der Waals surface area contributed by atoms with E-state index in [-0.39, 0.29) is 15.2 Å². The standard InChI is InChI=1S/C14H23BO2S/c1-7-8-11-9-12(10(2)18-11)15-16-13(3,4)14(5,6)17-15/h9H,7-8H2,1-6H3/i1D3,2D3,7D2,8D2. The minimum Gasteiger partial charge on any atom is -0.399 e. The number of hydrogen-bond donors (Lipinski definition) is 0. The van der Waals surface area contributed by atoms with Gasteiger partial charge >= 0.3 is 7.12 Å². The zero-order valence-electron chi connectivity index (χ0n) is 20.9. The minimum absolute atomic E-state index is 0.0591. The van der Waals surface area contributed by atoms with Crippen LogP contribution in [0.1, 0.15) is 64.4 Å². The van der Waals surface area contributed by atoms with Crippen molar-refractivity contribution in [2.24, 2.45) is 0 Å². The first-order valence-corrected chi connectivity index (χ1v) is 6.47. The lowest BCUT2D eigenvalue weighted by molar-refractivity contribution is 0.00578. The summed E-state index contributed by atoms with van der Waals surface area (Å²) in [5.41, 5.74) is -1.47. The molecule has 1 saturated heterocycles. The van der Waals surface area contributed by atoms with Crippen molar-refractivity contribution in [2.75, 3.05) is 0 Å². The van der Waals surface area contributed by atoms with Gasteiger partial charge in [-0.2, -0.15) is 0 Å². The van der Waals surface area contributed by atoms with E-state index in [1.54, 1.807) is 27.7 Å². The second-order valence-electron chi connectivity index (χ2n) is 5.23. The van der Waals surface area contributed by atoms with Gasteiger partial charge in [-0.1, -0.05) is 13.2 Å². The molecule has 0 unspecified atom stereocenters. The Morgan fingerprint density at radius 1 is 1.33 bits per heavy atom. The Hall–Kier alpha value is -0.315. The molecular formula is C14H23BO2S. The van der Waals surface area contributed by atoms with Gasteiger partial charge in [0.15, 0.2) is 0 Å². The van der Waals surface area contributed by atoms with E-state index in [2.05, 4.69) is 0 Å². The summed E-state index contributed by atoms with van der Waals surface area (Å²) in [6.45, 7) is 1.24. The lowest BCUT2D eigenvalue weighted by Gasteiger charge is -2.32. The van der Waals surface area contributed by atoms with E-state index in [4.69, 9.17) is 23.0 Å². The first-order valence-electron chi connectivity index (χ1n) is 10.7. The Kier molecular flexibility index (Phi) is 1.55. The van der Waals surface area contributed by atoms with Crippen molar-refractivity contribution in [3.05, 3.63) is 15.8 Å². The van der Waals surface area contributed by atoms with Crippen LogP contribution in [-0.4, -0.2) is 18.3 Å². The molecule has 1 fully saturated rings. The van der Waals surface area contributed by atoms with Crippen LogP contribution >= 0.6 is 11.3 Å². The highest BCUT2D eigenvalue weighted by Crippen LogP contribution is 2.37. The topological polar surface area (TPSA) is 18.5 Å². The Morgan fingerprint density at radius 2 is 2.00 bits per heavy atom. The van der Waals surface area contributed by atoms with Crippen LogP contribution in [0.5, 0.6) is 0 Å². The van der Waals surface area contributed by atoms with Gasteiger partial charge in [-0.25, -0.2) is 0 Å². The number of thiophene rings is 1. The predicted octanol–water partition coefficient (Wildman–Crippen LogP) is 3.31. The Bertz CT molecular complexity index is 734. The van der Waals surface area contributed by atoms with E-state index < -0.39 is 44.8 Å². The molecule has 2 rings (SSSR count).